The molecule has 1 aromatic rings. The van der Waals surface area contributed by atoms with Gasteiger partial charge in [0.25, 0.3) is 0 Å². The van der Waals surface area contributed by atoms with Gasteiger partial charge in [-0.05, 0) is 13.8 Å². The fraction of sp³-hybridized carbons (Fsp3) is 0.286. The first-order valence-electron chi connectivity index (χ1n) is 3.04. The Morgan fingerprint density at radius 2 is 1.80 bits per heavy atom. The molecule has 3 heteroatoms. The van der Waals surface area contributed by atoms with Gasteiger partial charge >= 0.3 is 0 Å². The van der Waals surface area contributed by atoms with Crippen LogP contribution in [0.15, 0.2) is 6.33 Å². The maximum atomic E-state index is 7.02. The highest BCUT2D eigenvalue weighted by atomic mass is 14.8. The van der Waals surface area contributed by atoms with Gasteiger partial charge in [0.1, 0.15) is 6.33 Å². The second-order valence-corrected chi connectivity index (χ2v) is 2.10. The highest BCUT2D eigenvalue weighted by Gasteiger charge is 1.98. The maximum Gasteiger partial charge on any atom is 0.115 e. The van der Waals surface area contributed by atoms with Crippen LogP contribution < -0.4 is 0 Å². The summed E-state index contributed by atoms with van der Waals surface area (Å²) in [4.78, 5) is 7.90. The predicted molar refractivity (Wildman–Crippen MR) is 39.4 cm³/mol. The summed E-state index contributed by atoms with van der Waals surface area (Å²) in [6, 6.07) is 0. The summed E-state index contributed by atoms with van der Waals surface area (Å²) < 4.78 is 0. The molecule has 0 saturated heterocycles. The predicted octanol–water partition coefficient (Wildman–Crippen LogP) is 1.09. The third kappa shape index (κ3) is 1.03. The third-order valence-corrected chi connectivity index (χ3v) is 1.43. The van der Waals surface area contributed by atoms with E-state index in [9.17, 15) is 0 Å². The number of nitrogens with one attached hydrogen (secondary N) is 1. The van der Waals surface area contributed by atoms with Crippen molar-refractivity contribution in [2.45, 2.75) is 13.8 Å². The lowest BCUT2D eigenvalue weighted by molar-refractivity contribution is 1.04. The molecule has 0 radical (unpaired) electrons. The van der Waals surface area contributed by atoms with Crippen molar-refractivity contribution in [1.29, 1.82) is 5.41 Å². The molecule has 52 valence electrons. The third-order valence-electron chi connectivity index (χ3n) is 1.43. The van der Waals surface area contributed by atoms with Crippen molar-refractivity contribution in [3.63, 3.8) is 0 Å². The Morgan fingerprint density at radius 3 is 2.10 bits per heavy atom. The van der Waals surface area contributed by atoms with E-state index in [1.807, 2.05) is 13.8 Å². The topological polar surface area (TPSA) is 49.6 Å². The molecule has 0 aromatic carbocycles. The monoisotopic (exact) mass is 135 g/mol. The molecule has 3 nitrogen and oxygen atoms in total. The second kappa shape index (κ2) is 2.56. The maximum absolute atomic E-state index is 7.02. The van der Waals surface area contributed by atoms with Gasteiger partial charge in [0.15, 0.2) is 0 Å². The minimum absolute atomic E-state index is 0.822. The van der Waals surface area contributed by atoms with Gasteiger partial charge in [-0.2, -0.15) is 0 Å². The summed E-state index contributed by atoms with van der Waals surface area (Å²) in [6.45, 7) is 3.74. The largest absolute Gasteiger partial charge is 0.308 e. The quantitative estimate of drug-likeness (QED) is 0.586. The Morgan fingerprint density at radius 1 is 1.30 bits per heavy atom. The summed E-state index contributed by atoms with van der Waals surface area (Å²) in [5.74, 6) is 0. The van der Waals surface area contributed by atoms with Gasteiger partial charge in [-0.3, -0.25) is 0 Å². The fourth-order valence-corrected chi connectivity index (χ4v) is 0.812. The van der Waals surface area contributed by atoms with E-state index in [-0.39, 0.29) is 0 Å². The Labute approximate surface area is 59.7 Å². The smallest absolute Gasteiger partial charge is 0.115 e. The van der Waals surface area contributed by atoms with Gasteiger partial charge in [-0.25, -0.2) is 9.97 Å². The van der Waals surface area contributed by atoms with E-state index in [4.69, 9.17) is 5.41 Å². The van der Waals surface area contributed by atoms with Crippen LogP contribution in [0.3, 0.4) is 0 Å². The molecule has 0 unspecified atom stereocenters. The Hall–Kier alpha value is -1.25. The van der Waals surface area contributed by atoms with Crippen LogP contribution in [0.25, 0.3) is 0 Å². The van der Waals surface area contributed by atoms with E-state index >= 15 is 0 Å². The van der Waals surface area contributed by atoms with Crippen LogP contribution >= 0.6 is 0 Å². The van der Waals surface area contributed by atoms with Crippen LogP contribution in [0.4, 0.5) is 0 Å². The average Bonchev–Trinajstić information content (AvgIpc) is 1.88. The van der Waals surface area contributed by atoms with Crippen molar-refractivity contribution < 1.29 is 0 Å². The van der Waals surface area contributed by atoms with Gasteiger partial charge in [-0.15, -0.1) is 0 Å². The van der Waals surface area contributed by atoms with Gasteiger partial charge in [0, 0.05) is 23.2 Å². The normalized spacial score (nSPS) is 9.40. The minimum Gasteiger partial charge on any atom is -0.308 e. The molecule has 1 N–H and O–H groups in total. The Bertz CT molecular complexity index is 235. The number of hydrogen-bond acceptors (Lipinski definition) is 3. The van der Waals surface area contributed by atoms with Crippen LogP contribution in [-0.4, -0.2) is 16.2 Å². The van der Waals surface area contributed by atoms with E-state index in [1.165, 1.54) is 12.5 Å². The highest BCUT2D eigenvalue weighted by Crippen LogP contribution is 2.02. The molecule has 10 heavy (non-hydrogen) atoms. The average molecular weight is 135 g/mol. The van der Waals surface area contributed by atoms with E-state index in [1.54, 1.807) is 0 Å². The molecule has 0 fully saturated rings. The van der Waals surface area contributed by atoms with Crippen molar-refractivity contribution in [2.24, 2.45) is 0 Å². The second-order valence-electron chi connectivity index (χ2n) is 2.10. The van der Waals surface area contributed by atoms with Crippen LogP contribution in [0.5, 0.6) is 0 Å². The Balaban J connectivity index is 3.30. The van der Waals surface area contributed by atoms with Crippen molar-refractivity contribution in [3.05, 3.63) is 23.3 Å². The molecule has 0 atom stereocenters. The van der Waals surface area contributed by atoms with E-state index in [0.29, 0.717) is 0 Å². The first-order chi connectivity index (χ1) is 4.75. The van der Waals surface area contributed by atoms with Crippen molar-refractivity contribution in [3.8, 4) is 0 Å². The Kier molecular flexibility index (Phi) is 1.76. The molecular weight excluding hydrogens is 126 g/mol. The lowest BCUT2D eigenvalue weighted by atomic mass is 10.2. The molecule has 1 rings (SSSR count). The van der Waals surface area contributed by atoms with Crippen LogP contribution in [0, 0.1) is 19.3 Å². The van der Waals surface area contributed by atoms with Gasteiger partial charge in [-0.1, -0.05) is 0 Å². The number of hydrogen-bond donors (Lipinski definition) is 1. The summed E-state index contributed by atoms with van der Waals surface area (Å²) in [6.07, 6.45) is 2.79. The number of aromatic nitrogens is 2. The molecule has 1 heterocycles. The lowest BCUT2D eigenvalue weighted by Gasteiger charge is -1.98. The minimum atomic E-state index is 0.822. The molecular formula is C7H9N3. The summed E-state index contributed by atoms with van der Waals surface area (Å²) in [7, 11) is 0. The van der Waals surface area contributed by atoms with Crippen LogP contribution in [-0.2, 0) is 0 Å². The van der Waals surface area contributed by atoms with Crippen molar-refractivity contribution in [1.82, 2.24) is 9.97 Å². The van der Waals surface area contributed by atoms with E-state index in [0.717, 1.165) is 17.0 Å². The molecule has 0 saturated carbocycles. The molecule has 1 aromatic heterocycles. The van der Waals surface area contributed by atoms with Gasteiger partial charge < -0.3 is 5.41 Å². The van der Waals surface area contributed by atoms with Gasteiger partial charge in [0.05, 0.1) is 0 Å². The molecule has 0 bridgehead atoms. The van der Waals surface area contributed by atoms with Crippen molar-refractivity contribution >= 4 is 6.21 Å². The fourth-order valence-electron chi connectivity index (χ4n) is 0.812. The highest BCUT2D eigenvalue weighted by molar-refractivity contribution is 5.79. The molecule has 0 spiro atoms. The SMILES string of the molecule is Cc1ncnc(C)c1C=N. The lowest BCUT2D eigenvalue weighted by Crippen LogP contribution is -1.96. The number of nitrogens with zero attached hydrogens (tertiary/aromatic N) is 2. The molecule has 0 aliphatic carbocycles. The summed E-state index contributed by atoms with van der Waals surface area (Å²) in [5, 5.41) is 7.02. The van der Waals surface area contributed by atoms with Crippen LogP contribution in [0.2, 0.25) is 0 Å². The van der Waals surface area contributed by atoms with Crippen molar-refractivity contribution in [2.75, 3.05) is 0 Å². The molecule has 0 aliphatic rings. The number of aryl methyl sites for hydroxylation is 2. The molecule has 0 aliphatic heterocycles. The number of rotatable bonds is 1. The first-order valence-corrected chi connectivity index (χ1v) is 3.04. The summed E-state index contributed by atoms with van der Waals surface area (Å²) >= 11 is 0. The molecule has 0 amide bonds. The van der Waals surface area contributed by atoms with E-state index < -0.39 is 0 Å². The summed E-state index contributed by atoms with van der Waals surface area (Å²) in [5.41, 5.74) is 2.55. The zero-order valence-corrected chi connectivity index (χ0v) is 6.05. The zero-order chi connectivity index (χ0) is 7.56. The van der Waals surface area contributed by atoms with Gasteiger partial charge in [0.2, 0.25) is 0 Å². The zero-order valence-electron chi connectivity index (χ0n) is 6.05. The van der Waals surface area contributed by atoms with E-state index in [2.05, 4.69) is 9.97 Å². The standard InChI is InChI=1S/C7H9N3/c1-5-7(3-8)6(2)10-4-9-5/h3-4,8H,1-2H3. The van der Waals surface area contributed by atoms with Crippen LogP contribution in [0.1, 0.15) is 17.0 Å². The first kappa shape index (κ1) is 6.86.